The minimum Gasteiger partial charge on any atom is -0.437 e. The maximum Gasteiger partial charge on any atom is 0.247 e. The largest absolute Gasteiger partial charge is 0.437 e. The zero-order valence-electron chi connectivity index (χ0n) is 16.8. The molecule has 0 aliphatic carbocycles. The van der Waals surface area contributed by atoms with Crippen LogP contribution in [0.2, 0.25) is 0 Å². The smallest absolute Gasteiger partial charge is 0.247 e. The van der Waals surface area contributed by atoms with Crippen molar-refractivity contribution in [1.82, 2.24) is 9.97 Å². The van der Waals surface area contributed by atoms with Crippen LogP contribution in [0.15, 0.2) is 78.0 Å². The second kappa shape index (κ2) is 8.21. The number of amides is 1. The molecule has 4 aromatic rings. The summed E-state index contributed by atoms with van der Waals surface area (Å²) in [5.74, 6) is 1.14. The summed E-state index contributed by atoms with van der Waals surface area (Å²) in [5, 5.41) is 7.00. The van der Waals surface area contributed by atoms with Gasteiger partial charge in [0.25, 0.3) is 0 Å². The Kier molecular flexibility index (Phi) is 5.30. The van der Waals surface area contributed by atoms with E-state index in [4.69, 9.17) is 4.42 Å². The molecule has 0 saturated carbocycles. The molecule has 0 bridgehead atoms. The predicted octanol–water partition coefficient (Wildman–Crippen LogP) is 5.50. The summed E-state index contributed by atoms with van der Waals surface area (Å²) in [5.41, 5.74) is 3.86. The van der Waals surface area contributed by atoms with Crippen molar-refractivity contribution in [3.05, 3.63) is 73.6 Å². The molecule has 2 aromatic heterocycles. The van der Waals surface area contributed by atoms with Gasteiger partial charge >= 0.3 is 0 Å². The van der Waals surface area contributed by atoms with Crippen LogP contribution >= 0.6 is 0 Å². The molecule has 0 unspecified atom stereocenters. The van der Waals surface area contributed by atoms with Crippen LogP contribution < -0.4 is 10.6 Å². The molecule has 30 heavy (non-hydrogen) atoms. The third kappa shape index (κ3) is 3.80. The Balaban J connectivity index is 1.98. The Morgan fingerprint density at radius 3 is 2.57 bits per heavy atom. The van der Waals surface area contributed by atoms with Crippen LogP contribution in [0.3, 0.4) is 0 Å². The van der Waals surface area contributed by atoms with Gasteiger partial charge in [0.15, 0.2) is 0 Å². The summed E-state index contributed by atoms with van der Waals surface area (Å²) in [6.07, 6.45) is 2.74. The van der Waals surface area contributed by atoms with E-state index in [2.05, 4.69) is 41.0 Å². The zero-order chi connectivity index (χ0) is 21.1. The number of benzene rings is 2. The average Bonchev–Trinajstić information content (AvgIpc) is 3.15. The van der Waals surface area contributed by atoms with E-state index in [9.17, 15) is 4.79 Å². The summed E-state index contributed by atoms with van der Waals surface area (Å²) in [4.78, 5) is 20.6. The van der Waals surface area contributed by atoms with E-state index < -0.39 is 0 Å². The highest BCUT2D eigenvalue weighted by Crippen LogP contribution is 2.43. The standard InChI is InChI=1S/C24H22N4O2/c1-4-19(29)28-18-12-8-11-17(13-18)20-21-23(27-15(2)3)25-14-26-24(21)30-22(20)16-9-6-5-7-10-16/h4-15H,1H2,2-3H3,(H,28,29)(H,25,26,27). The van der Waals surface area contributed by atoms with Crippen molar-refractivity contribution in [1.29, 1.82) is 0 Å². The van der Waals surface area contributed by atoms with Crippen LogP contribution in [0.25, 0.3) is 33.6 Å². The highest BCUT2D eigenvalue weighted by molar-refractivity contribution is 6.06. The van der Waals surface area contributed by atoms with E-state index in [-0.39, 0.29) is 11.9 Å². The average molecular weight is 398 g/mol. The van der Waals surface area contributed by atoms with Crippen molar-refractivity contribution >= 4 is 28.5 Å². The molecule has 2 N–H and O–H groups in total. The molecule has 0 atom stereocenters. The van der Waals surface area contributed by atoms with Gasteiger partial charge in [-0.25, -0.2) is 9.97 Å². The monoisotopic (exact) mass is 398 g/mol. The van der Waals surface area contributed by atoms with Gasteiger partial charge in [0.2, 0.25) is 11.6 Å². The number of nitrogens with zero attached hydrogens (tertiary/aromatic N) is 2. The quantitative estimate of drug-likeness (QED) is 0.419. The summed E-state index contributed by atoms with van der Waals surface area (Å²) < 4.78 is 6.21. The number of aromatic nitrogens is 2. The molecule has 150 valence electrons. The van der Waals surface area contributed by atoms with Crippen LogP contribution in [0.4, 0.5) is 11.5 Å². The highest BCUT2D eigenvalue weighted by atomic mass is 16.3. The van der Waals surface area contributed by atoms with Gasteiger partial charge in [0.1, 0.15) is 17.9 Å². The Morgan fingerprint density at radius 2 is 1.83 bits per heavy atom. The van der Waals surface area contributed by atoms with Crippen LogP contribution in [-0.4, -0.2) is 21.9 Å². The fourth-order valence-corrected chi connectivity index (χ4v) is 3.33. The minimum absolute atomic E-state index is 0.184. The van der Waals surface area contributed by atoms with Crippen LogP contribution in [0.1, 0.15) is 13.8 Å². The van der Waals surface area contributed by atoms with Crippen molar-refractivity contribution in [3.8, 4) is 22.5 Å². The Labute approximate surface area is 174 Å². The molecule has 0 aliphatic rings. The Bertz CT molecular complexity index is 1210. The number of carbonyl (C=O) groups excluding carboxylic acids is 1. The topological polar surface area (TPSA) is 80.1 Å². The summed E-state index contributed by atoms with van der Waals surface area (Å²) >= 11 is 0. The first-order valence-corrected chi connectivity index (χ1v) is 9.70. The maximum absolute atomic E-state index is 11.8. The van der Waals surface area contributed by atoms with Crippen LogP contribution in [0, 0.1) is 0 Å². The molecule has 2 aromatic carbocycles. The third-order valence-corrected chi connectivity index (χ3v) is 4.55. The predicted molar refractivity (Wildman–Crippen MR) is 120 cm³/mol. The summed E-state index contributed by atoms with van der Waals surface area (Å²) in [6, 6.07) is 17.7. The SMILES string of the molecule is C=CC(=O)Nc1cccc(-c2c(-c3ccccc3)oc3ncnc(NC(C)C)c23)c1. The minimum atomic E-state index is -0.266. The molecule has 1 amide bonds. The number of hydrogen-bond acceptors (Lipinski definition) is 5. The number of hydrogen-bond donors (Lipinski definition) is 2. The fraction of sp³-hybridized carbons (Fsp3) is 0.125. The molecule has 4 rings (SSSR count). The lowest BCUT2D eigenvalue weighted by molar-refractivity contribution is -0.111. The number of anilines is 2. The van der Waals surface area contributed by atoms with E-state index in [1.54, 1.807) is 0 Å². The van der Waals surface area contributed by atoms with Gasteiger partial charge in [-0.05, 0) is 37.6 Å². The van der Waals surface area contributed by atoms with Crippen LogP contribution in [0.5, 0.6) is 0 Å². The molecule has 6 nitrogen and oxygen atoms in total. The molecule has 0 aliphatic heterocycles. The molecule has 0 radical (unpaired) electrons. The third-order valence-electron chi connectivity index (χ3n) is 4.55. The number of fused-ring (bicyclic) bond motifs is 1. The summed E-state index contributed by atoms with van der Waals surface area (Å²) in [7, 11) is 0. The van der Waals surface area contributed by atoms with E-state index in [0.717, 1.165) is 22.1 Å². The number of nitrogens with one attached hydrogen (secondary N) is 2. The van der Waals surface area contributed by atoms with Gasteiger partial charge < -0.3 is 15.1 Å². The van der Waals surface area contributed by atoms with Gasteiger partial charge in [-0.15, -0.1) is 0 Å². The number of furan rings is 1. The zero-order valence-corrected chi connectivity index (χ0v) is 16.8. The van der Waals surface area contributed by atoms with E-state index in [0.29, 0.717) is 23.0 Å². The first kappa shape index (κ1) is 19.4. The van der Waals surface area contributed by atoms with Gasteiger partial charge in [0.05, 0.1) is 5.39 Å². The lowest BCUT2D eigenvalue weighted by Crippen LogP contribution is -2.11. The van der Waals surface area contributed by atoms with Crippen molar-refractivity contribution in [2.45, 2.75) is 19.9 Å². The van der Waals surface area contributed by atoms with Gasteiger partial charge in [-0.3, -0.25) is 4.79 Å². The molecule has 2 heterocycles. The normalized spacial score (nSPS) is 10.9. The van der Waals surface area contributed by atoms with Gasteiger partial charge in [-0.2, -0.15) is 0 Å². The van der Waals surface area contributed by atoms with Crippen molar-refractivity contribution < 1.29 is 9.21 Å². The van der Waals surface area contributed by atoms with Crippen LogP contribution in [-0.2, 0) is 4.79 Å². The van der Waals surface area contributed by atoms with E-state index in [1.165, 1.54) is 12.4 Å². The lowest BCUT2D eigenvalue weighted by atomic mass is 9.98. The first-order valence-electron chi connectivity index (χ1n) is 9.70. The fourth-order valence-electron chi connectivity index (χ4n) is 3.33. The Hall–Kier alpha value is -3.93. The highest BCUT2D eigenvalue weighted by Gasteiger charge is 2.22. The maximum atomic E-state index is 11.8. The summed E-state index contributed by atoms with van der Waals surface area (Å²) in [6.45, 7) is 7.62. The number of rotatable bonds is 6. The second-order valence-corrected chi connectivity index (χ2v) is 7.15. The molecule has 0 spiro atoms. The van der Waals surface area contributed by atoms with Gasteiger partial charge in [0, 0.05) is 22.9 Å². The second-order valence-electron chi connectivity index (χ2n) is 7.15. The molecular formula is C24H22N4O2. The van der Waals surface area contributed by atoms with E-state index in [1.807, 2.05) is 54.6 Å². The molecule has 0 saturated heterocycles. The van der Waals surface area contributed by atoms with Crippen molar-refractivity contribution in [2.75, 3.05) is 10.6 Å². The number of carbonyl (C=O) groups is 1. The molecule has 0 fully saturated rings. The molecule has 6 heteroatoms. The lowest BCUT2D eigenvalue weighted by Gasteiger charge is -2.11. The first-order chi connectivity index (χ1) is 14.6. The van der Waals surface area contributed by atoms with Crippen molar-refractivity contribution in [3.63, 3.8) is 0 Å². The van der Waals surface area contributed by atoms with Crippen molar-refractivity contribution in [2.24, 2.45) is 0 Å². The molecular weight excluding hydrogens is 376 g/mol. The van der Waals surface area contributed by atoms with Gasteiger partial charge in [-0.1, -0.05) is 49.0 Å². The Morgan fingerprint density at radius 1 is 1.07 bits per heavy atom. The van der Waals surface area contributed by atoms with E-state index >= 15 is 0 Å².